The zero-order valence-electron chi connectivity index (χ0n) is 14.5. The highest BCUT2D eigenvalue weighted by Gasteiger charge is 2.39. The van der Waals surface area contributed by atoms with Crippen molar-refractivity contribution < 1.29 is 19.1 Å². The van der Waals surface area contributed by atoms with Gasteiger partial charge in [0.2, 0.25) is 0 Å². The number of rotatable bonds is 4. The van der Waals surface area contributed by atoms with Crippen LogP contribution in [0.3, 0.4) is 0 Å². The van der Waals surface area contributed by atoms with Gasteiger partial charge in [0.25, 0.3) is 0 Å². The topological polar surface area (TPSA) is 81.9 Å². The van der Waals surface area contributed by atoms with Gasteiger partial charge in [-0.25, -0.2) is 4.79 Å². The Kier molecular flexibility index (Phi) is 5.83. The van der Waals surface area contributed by atoms with E-state index in [1.54, 1.807) is 20.8 Å². The van der Waals surface area contributed by atoms with Crippen LogP contribution in [-0.2, 0) is 20.9 Å². The van der Waals surface area contributed by atoms with Gasteiger partial charge < -0.3 is 20.1 Å². The number of likely N-dealkylation sites (tertiary alicyclic amines) is 1. The first kappa shape index (κ1) is 18.3. The second kappa shape index (κ2) is 7.66. The fraction of sp³-hybridized carbons (Fsp3) is 0.556. The van der Waals surface area contributed by atoms with E-state index in [4.69, 9.17) is 15.2 Å². The molecule has 2 rings (SSSR count). The molecule has 0 saturated carbocycles. The summed E-state index contributed by atoms with van der Waals surface area (Å²) in [6.07, 6.45) is 1.02. The Balaban J connectivity index is 1.94. The van der Waals surface area contributed by atoms with Crippen LogP contribution >= 0.6 is 0 Å². The smallest absolute Gasteiger partial charge is 0.410 e. The van der Waals surface area contributed by atoms with Crippen LogP contribution in [0.4, 0.5) is 4.79 Å². The molecule has 1 aliphatic heterocycles. The summed E-state index contributed by atoms with van der Waals surface area (Å²) in [6, 6.07) is 8.21. The van der Waals surface area contributed by atoms with Gasteiger partial charge in [-0.3, -0.25) is 4.79 Å². The summed E-state index contributed by atoms with van der Waals surface area (Å²) in [4.78, 5) is 26.0. The summed E-state index contributed by atoms with van der Waals surface area (Å²) in [5.74, 6) is -0.491. The summed E-state index contributed by atoms with van der Waals surface area (Å²) < 4.78 is 10.7. The first-order valence-corrected chi connectivity index (χ1v) is 8.24. The monoisotopic (exact) mass is 334 g/mol. The zero-order chi connectivity index (χ0) is 17.7. The van der Waals surface area contributed by atoms with E-state index in [0.717, 1.165) is 12.0 Å². The van der Waals surface area contributed by atoms with Crippen molar-refractivity contribution in [1.82, 2.24) is 4.90 Å². The molecule has 1 heterocycles. The molecule has 1 saturated heterocycles. The summed E-state index contributed by atoms with van der Waals surface area (Å²) in [5.41, 5.74) is 6.35. The maximum Gasteiger partial charge on any atom is 0.410 e. The molecule has 6 heteroatoms. The van der Waals surface area contributed by atoms with E-state index < -0.39 is 23.7 Å². The maximum atomic E-state index is 12.3. The van der Waals surface area contributed by atoms with Crippen molar-refractivity contribution in [2.75, 3.05) is 6.54 Å². The molecule has 132 valence electrons. The van der Waals surface area contributed by atoms with Crippen molar-refractivity contribution in [2.45, 2.75) is 57.9 Å². The van der Waals surface area contributed by atoms with E-state index in [9.17, 15) is 9.59 Å². The molecule has 1 aliphatic rings. The number of benzene rings is 1. The van der Waals surface area contributed by atoms with Gasteiger partial charge in [-0.2, -0.15) is 0 Å². The minimum absolute atomic E-state index is 0.199. The highest BCUT2D eigenvalue weighted by molar-refractivity contribution is 5.78. The average molecular weight is 334 g/mol. The van der Waals surface area contributed by atoms with E-state index in [1.165, 1.54) is 4.90 Å². The van der Waals surface area contributed by atoms with E-state index in [0.29, 0.717) is 13.0 Å². The Morgan fingerprint density at radius 1 is 1.29 bits per heavy atom. The first-order chi connectivity index (χ1) is 11.3. The number of hydrogen-bond donors (Lipinski definition) is 1. The van der Waals surface area contributed by atoms with Gasteiger partial charge in [-0.1, -0.05) is 30.3 Å². The minimum atomic E-state index is -0.865. The Morgan fingerprint density at radius 3 is 2.58 bits per heavy atom. The summed E-state index contributed by atoms with van der Waals surface area (Å²) in [7, 11) is 0. The molecule has 2 N–H and O–H groups in total. The molecule has 0 aliphatic carbocycles. The molecule has 2 unspecified atom stereocenters. The lowest BCUT2D eigenvalue weighted by Crippen LogP contribution is -2.52. The van der Waals surface area contributed by atoms with Gasteiger partial charge in [0.05, 0.1) is 6.04 Å². The Morgan fingerprint density at radius 2 is 1.96 bits per heavy atom. The predicted octanol–water partition coefficient (Wildman–Crippen LogP) is 2.46. The standard InChI is InChI=1S/C18H26N2O4/c1-18(2,3)24-16(21)15(19)14-10-7-11-20(14)17(22)23-12-13-8-5-4-6-9-13/h4-6,8-9,14-15H,7,10-12,19H2,1-3H3. The molecule has 1 amide bonds. The van der Waals surface area contributed by atoms with Crippen molar-refractivity contribution >= 4 is 12.1 Å². The van der Waals surface area contributed by atoms with Crippen LogP contribution in [0.15, 0.2) is 30.3 Å². The highest BCUT2D eigenvalue weighted by Crippen LogP contribution is 2.22. The molecule has 2 atom stereocenters. The van der Waals surface area contributed by atoms with Gasteiger partial charge in [0, 0.05) is 6.54 Å². The third-order valence-corrected chi connectivity index (χ3v) is 3.83. The van der Waals surface area contributed by atoms with E-state index >= 15 is 0 Å². The average Bonchev–Trinajstić information content (AvgIpc) is 3.00. The number of amides is 1. The quantitative estimate of drug-likeness (QED) is 0.855. The fourth-order valence-electron chi connectivity index (χ4n) is 2.72. The van der Waals surface area contributed by atoms with Crippen LogP contribution in [0.25, 0.3) is 0 Å². The van der Waals surface area contributed by atoms with Gasteiger partial charge in [0.1, 0.15) is 18.2 Å². The second-order valence-corrected chi connectivity index (χ2v) is 7.00. The van der Waals surface area contributed by atoms with Crippen molar-refractivity contribution in [3.63, 3.8) is 0 Å². The summed E-state index contributed by atoms with van der Waals surface area (Å²) in [5, 5.41) is 0. The molecule has 1 aromatic rings. The Hall–Kier alpha value is -2.08. The number of carbonyl (C=O) groups excluding carboxylic acids is 2. The number of carbonyl (C=O) groups is 2. The molecule has 24 heavy (non-hydrogen) atoms. The van der Waals surface area contributed by atoms with Crippen LogP contribution in [0.2, 0.25) is 0 Å². The van der Waals surface area contributed by atoms with Crippen LogP contribution in [-0.4, -0.2) is 41.2 Å². The number of ether oxygens (including phenoxy) is 2. The third kappa shape index (κ3) is 4.96. The van der Waals surface area contributed by atoms with E-state index in [2.05, 4.69) is 0 Å². The SMILES string of the molecule is CC(C)(C)OC(=O)C(N)C1CCCN1C(=O)OCc1ccccc1. The lowest BCUT2D eigenvalue weighted by molar-refractivity contribution is -0.157. The molecule has 0 radical (unpaired) electrons. The van der Waals surface area contributed by atoms with Crippen LogP contribution in [0.5, 0.6) is 0 Å². The highest BCUT2D eigenvalue weighted by atomic mass is 16.6. The van der Waals surface area contributed by atoms with E-state index in [1.807, 2.05) is 30.3 Å². The van der Waals surface area contributed by atoms with Crippen LogP contribution < -0.4 is 5.73 Å². The van der Waals surface area contributed by atoms with Gasteiger partial charge in [-0.05, 0) is 39.2 Å². The summed E-state index contributed by atoms with van der Waals surface area (Å²) in [6.45, 7) is 6.10. The lowest BCUT2D eigenvalue weighted by atomic mass is 10.1. The molecular formula is C18H26N2O4. The van der Waals surface area contributed by atoms with Crippen molar-refractivity contribution in [1.29, 1.82) is 0 Å². The lowest BCUT2D eigenvalue weighted by Gasteiger charge is -2.29. The molecular weight excluding hydrogens is 308 g/mol. The second-order valence-electron chi connectivity index (χ2n) is 7.00. The molecule has 1 aromatic carbocycles. The fourth-order valence-corrected chi connectivity index (χ4v) is 2.72. The number of hydrogen-bond acceptors (Lipinski definition) is 5. The van der Waals surface area contributed by atoms with Crippen LogP contribution in [0, 0.1) is 0 Å². The van der Waals surface area contributed by atoms with Gasteiger partial charge in [-0.15, -0.1) is 0 Å². The Labute approximate surface area is 142 Å². The summed E-state index contributed by atoms with van der Waals surface area (Å²) >= 11 is 0. The molecule has 0 spiro atoms. The van der Waals surface area contributed by atoms with E-state index in [-0.39, 0.29) is 12.6 Å². The van der Waals surface area contributed by atoms with Gasteiger partial charge >= 0.3 is 12.1 Å². The largest absolute Gasteiger partial charge is 0.459 e. The molecule has 0 aromatic heterocycles. The normalized spacial score (nSPS) is 19.0. The first-order valence-electron chi connectivity index (χ1n) is 8.24. The predicted molar refractivity (Wildman–Crippen MR) is 90.2 cm³/mol. The minimum Gasteiger partial charge on any atom is -0.459 e. The molecule has 6 nitrogen and oxygen atoms in total. The van der Waals surface area contributed by atoms with Crippen LogP contribution in [0.1, 0.15) is 39.2 Å². The van der Waals surface area contributed by atoms with Crippen molar-refractivity contribution in [3.05, 3.63) is 35.9 Å². The number of nitrogens with two attached hydrogens (primary N) is 1. The molecule has 1 fully saturated rings. The van der Waals surface area contributed by atoms with Gasteiger partial charge in [0.15, 0.2) is 0 Å². The Bertz CT molecular complexity index is 568. The molecule has 0 bridgehead atoms. The zero-order valence-corrected chi connectivity index (χ0v) is 14.5. The number of esters is 1. The van der Waals surface area contributed by atoms with Crippen molar-refractivity contribution in [3.8, 4) is 0 Å². The maximum absolute atomic E-state index is 12.3. The number of nitrogens with zero attached hydrogens (tertiary/aromatic N) is 1. The third-order valence-electron chi connectivity index (χ3n) is 3.83. The van der Waals surface area contributed by atoms with Crippen molar-refractivity contribution in [2.24, 2.45) is 5.73 Å².